The van der Waals surface area contributed by atoms with E-state index in [4.69, 9.17) is 4.74 Å². The summed E-state index contributed by atoms with van der Waals surface area (Å²) in [4.78, 5) is 16.0. The summed E-state index contributed by atoms with van der Waals surface area (Å²) < 4.78 is 9.26. The van der Waals surface area contributed by atoms with E-state index < -0.39 is 0 Å². The first-order chi connectivity index (χ1) is 11.8. The number of carbonyl (C=O) groups is 1. The lowest BCUT2D eigenvalue weighted by Gasteiger charge is -2.27. The molecule has 24 heavy (non-hydrogen) atoms. The molecule has 2 N–H and O–H groups in total. The molecule has 3 heterocycles. The molecule has 0 radical (unpaired) electrons. The van der Waals surface area contributed by atoms with Crippen LogP contribution in [0.5, 0.6) is 0 Å². The number of ether oxygens (including phenoxy) is 1. The van der Waals surface area contributed by atoms with Crippen molar-refractivity contribution in [3.05, 3.63) is 47.3 Å². The minimum absolute atomic E-state index is 0.0551. The number of pyridine rings is 1. The van der Waals surface area contributed by atoms with Crippen LogP contribution in [0.15, 0.2) is 30.6 Å². The third-order valence-electron chi connectivity index (χ3n) is 4.41. The highest BCUT2D eigenvalue weighted by atomic mass is 32.2. The van der Waals surface area contributed by atoms with E-state index in [1.165, 1.54) is 11.1 Å². The van der Waals surface area contributed by atoms with Crippen molar-refractivity contribution in [2.45, 2.75) is 26.0 Å². The summed E-state index contributed by atoms with van der Waals surface area (Å²) in [5.41, 5.74) is 6.52. The van der Waals surface area contributed by atoms with Gasteiger partial charge in [-0.2, -0.15) is 0 Å². The number of aromatic nitrogens is 1. The van der Waals surface area contributed by atoms with Crippen LogP contribution in [0.25, 0.3) is 11.1 Å². The molecule has 1 unspecified atom stereocenters. The van der Waals surface area contributed by atoms with Crippen LogP contribution in [0, 0.1) is 0 Å². The quantitative estimate of drug-likeness (QED) is 0.837. The van der Waals surface area contributed by atoms with Crippen molar-refractivity contribution in [3.63, 3.8) is 0 Å². The van der Waals surface area contributed by atoms with Gasteiger partial charge in [0.15, 0.2) is 0 Å². The van der Waals surface area contributed by atoms with Crippen LogP contribution in [0.2, 0.25) is 0 Å². The molecule has 0 saturated heterocycles. The van der Waals surface area contributed by atoms with Gasteiger partial charge in [-0.1, -0.05) is 24.9 Å². The molecule has 1 atom stereocenters. The molecule has 1 aromatic heterocycles. The first-order valence-electron chi connectivity index (χ1n) is 8.11. The first kappa shape index (κ1) is 15.6. The van der Waals surface area contributed by atoms with Gasteiger partial charge in [0.25, 0.3) is 0 Å². The maximum Gasteiger partial charge on any atom is 0.228 e. The summed E-state index contributed by atoms with van der Waals surface area (Å²) >= 11 is 1.69. The van der Waals surface area contributed by atoms with Crippen LogP contribution >= 0.6 is 11.9 Å². The van der Waals surface area contributed by atoms with Crippen molar-refractivity contribution in [3.8, 4) is 11.1 Å². The molecule has 5 nitrogen and oxygen atoms in total. The fourth-order valence-corrected chi connectivity index (χ4v) is 3.82. The number of anilines is 1. The van der Waals surface area contributed by atoms with E-state index >= 15 is 0 Å². The van der Waals surface area contributed by atoms with E-state index in [1.807, 2.05) is 24.5 Å². The van der Waals surface area contributed by atoms with Gasteiger partial charge >= 0.3 is 0 Å². The van der Waals surface area contributed by atoms with E-state index in [1.54, 1.807) is 11.9 Å². The van der Waals surface area contributed by atoms with Gasteiger partial charge in [-0.05, 0) is 34.4 Å². The lowest BCUT2D eigenvalue weighted by molar-refractivity contribution is -0.115. The number of rotatable bonds is 4. The zero-order valence-electron chi connectivity index (χ0n) is 13.5. The molecule has 2 aliphatic heterocycles. The van der Waals surface area contributed by atoms with E-state index in [-0.39, 0.29) is 11.9 Å². The Morgan fingerprint density at radius 3 is 3.21 bits per heavy atom. The Balaban J connectivity index is 1.72. The van der Waals surface area contributed by atoms with Crippen molar-refractivity contribution in [2.24, 2.45) is 0 Å². The number of hydrogen-bond donors (Lipinski definition) is 2. The molecular formula is C18H19N3O2S. The third kappa shape index (κ3) is 2.81. The van der Waals surface area contributed by atoms with Crippen LogP contribution in [0.3, 0.4) is 0 Å². The number of fused-ring (bicyclic) bond motifs is 2. The highest BCUT2D eigenvalue weighted by molar-refractivity contribution is 7.97. The van der Waals surface area contributed by atoms with Gasteiger partial charge in [0, 0.05) is 29.4 Å². The van der Waals surface area contributed by atoms with Crippen molar-refractivity contribution in [1.29, 1.82) is 0 Å². The molecule has 1 amide bonds. The monoisotopic (exact) mass is 341 g/mol. The molecule has 0 saturated carbocycles. The van der Waals surface area contributed by atoms with Crippen LogP contribution in [0.4, 0.5) is 5.69 Å². The highest BCUT2D eigenvalue weighted by Gasteiger charge is 2.25. The fraction of sp³-hybridized carbons (Fsp3) is 0.333. The molecule has 2 aliphatic rings. The second-order valence-corrected chi connectivity index (χ2v) is 7.07. The van der Waals surface area contributed by atoms with Crippen molar-refractivity contribution in [2.75, 3.05) is 17.7 Å². The fourth-order valence-electron chi connectivity index (χ4n) is 3.26. The van der Waals surface area contributed by atoms with Crippen molar-refractivity contribution >= 4 is 23.5 Å². The van der Waals surface area contributed by atoms with Crippen LogP contribution in [0.1, 0.15) is 29.7 Å². The van der Waals surface area contributed by atoms with Gasteiger partial charge in [0.2, 0.25) is 5.91 Å². The average molecular weight is 341 g/mol. The van der Waals surface area contributed by atoms with E-state index in [0.29, 0.717) is 19.6 Å². The molecule has 0 aliphatic carbocycles. The van der Waals surface area contributed by atoms with Gasteiger partial charge in [-0.3, -0.25) is 14.5 Å². The minimum Gasteiger partial charge on any atom is -0.375 e. The summed E-state index contributed by atoms with van der Waals surface area (Å²) in [5, 5.41) is 2.88. The third-order valence-corrected chi connectivity index (χ3v) is 5.15. The van der Waals surface area contributed by atoms with Gasteiger partial charge < -0.3 is 10.1 Å². The summed E-state index contributed by atoms with van der Waals surface area (Å²) in [6.45, 7) is 3.38. The number of hydrogen-bond acceptors (Lipinski definition) is 5. The molecule has 4 rings (SSSR count). The van der Waals surface area contributed by atoms with Crippen molar-refractivity contribution in [1.82, 2.24) is 9.71 Å². The Kier molecular flexibility index (Phi) is 4.26. The molecule has 124 valence electrons. The zero-order valence-corrected chi connectivity index (χ0v) is 14.3. The Morgan fingerprint density at radius 2 is 2.33 bits per heavy atom. The Bertz CT molecular complexity index is 794. The van der Waals surface area contributed by atoms with Gasteiger partial charge in [0.1, 0.15) is 0 Å². The van der Waals surface area contributed by atoms with Gasteiger partial charge in [-0.15, -0.1) is 0 Å². The first-order valence-corrected chi connectivity index (χ1v) is 9.10. The van der Waals surface area contributed by atoms with Gasteiger partial charge in [0.05, 0.1) is 25.7 Å². The van der Waals surface area contributed by atoms with Crippen LogP contribution in [-0.4, -0.2) is 23.3 Å². The Morgan fingerprint density at radius 1 is 1.42 bits per heavy atom. The summed E-state index contributed by atoms with van der Waals surface area (Å²) in [5.74, 6) is 1.06. The number of carbonyl (C=O) groups excluding carboxylic acids is 1. The summed E-state index contributed by atoms with van der Waals surface area (Å²) in [6, 6.07) is 6.26. The smallest absolute Gasteiger partial charge is 0.228 e. The number of amides is 1. The van der Waals surface area contributed by atoms with E-state index in [2.05, 4.69) is 28.0 Å². The predicted molar refractivity (Wildman–Crippen MR) is 95.7 cm³/mol. The normalized spacial score (nSPS) is 18.9. The molecule has 0 spiro atoms. The van der Waals surface area contributed by atoms with E-state index in [9.17, 15) is 4.79 Å². The highest BCUT2D eigenvalue weighted by Crippen LogP contribution is 2.35. The minimum atomic E-state index is 0.0551. The average Bonchev–Trinajstić information content (AvgIpc) is 2.98. The number of benzene rings is 1. The lowest BCUT2D eigenvalue weighted by atomic mass is 9.93. The molecule has 6 heteroatoms. The SMILES string of the molecule is CCSNC1COCc2c(-c3ccc4c(c3)CC(=O)N4)cncc21. The van der Waals surface area contributed by atoms with Crippen molar-refractivity contribution < 1.29 is 9.53 Å². The molecular weight excluding hydrogens is 322 g/mol. The maximum atomic E-state index is 11.6. The second kappa shape index (κ2) is 6.55. The Labute approximate surface area is 145 Å². The standard InChI is InChI=1S/C18H19N3O2S/c1-2-24-21-17-10-23-9-15-13(7-19-8-14(15)17)11-3-4-16-12(5-11)6-18(22)20-16/h3-5,7-8,17,21H,2,6,9-10H2,1H3,(H,20,22). The van der Waals surface area contributed by atoms with Crippen LogP contribution < -0.4 is 10.0 Å². The summed E-state index contributed by atoms with van der Waals surface area (Å²) in [6.07, 6.45) is 4.27. The topological polar surface area (TPSA) is 63.2 Å². The largest absolute Gasteiger partial charge is 0.375 e. The lowest BCUT2D eigenvalue weighted by Crippen LogP contribution is -2.26. The zero-order chi connectivity index (χ0) is 16.5. The molecule has 1 aromatic carbocycles. The number of nitrogens with one attached hydrogen (secondary N) is 2. The predicted octanol–water partition coefficient (Wildman–Crippen LogP) is 3.07. The second-order valence-electron chi connectivity index (χ2n) is 5.97. The molecule has 2 aromatic rings. The number of nitrogens with zero attached hydrogens (tertiary/aromatic N) is 1. The van der Waals surface area contributed by atoms with E-state index in [0.717, 1.165) is 28.1 Å². The van der Waals surface area contributed by atoms with Crippen LogP contribution in [-0.2, 0) is 22.6 Å². The summed E-state index contributed by atoms with van der Waals surface area (Å²) in [7, 11) is 0. The van der Waals surface area contributed by atoms with Gasteiger partial charge in [-0.25, -0.2) is 0 Å². The molecule has 0 bridgehead atoms. The maximum absolute atomic E-state index is 11.6. The molecule has 0 fully saturated rings. The Hall–Kier alpha value is -1.89.